The number of para-hydroxylation sites is 1. The summed E-state index contributed by atoms with van der Waals surface area (Å²) in [6, 6.07) is 6.42. The Hall–Kier alpha value is -1.75. The molecule has 1 aromatic rings. The molecule has 122 valence electrons. The fraction of sp³-hybridized carbons (Fsp3) is 0.588. The van der Waals surface area contributed by atoms with Crippen LogP contribution < -0.4 is 10.6 Å². The van der Waals surface area contributed by atoms with E-state index in [1.807, 2.05) is 20.8 Å². The monoisotopic (exact) mass is 305 g/mol. The lowest BCUT2D eigenvalue weighted by Gasteiger charge is -2.24. The molecule has 1 heterocycles. The summed E-state index contributed by atoms with van der Waals surface area (Å²) >= 11 is 0. The van der Waals surface area contributed by atoms with E-state index in [9.17, 15) is 4.79 Å². The summed E-state index contributed by atoms with van der Waals surface area (Å²) in [5.41, 5.74) is 3.50. The zero-order valence-corrected chi connectivity index (χ0v) is 14.0. The Balaban J connectivity index is 1.74. The lowest BCUT2D eigenvalue weighted by molar-refractivity contribution is 0.0300. The van der Waals surface area contributed by atoms with Gasteiger partial charge in [0.15, 0.2) is 0 Å². The normalized spacial score (nSPS) is 13.5. The van der Waals surface area contributed by atoms with Crippen LogP contribution in [0.5, 0.6) is 0 Å². The first-order valence-electron chi connectivity index (χ1n) is 7.86. The smallest absolute Gasteiger partial charge is 0.410 e. The van der Waals surface area contributed by atoms with Crippen molar-refractivity contribution in [2.75, 3.05) is 32.0 Å². The molecule has 0 saturated carbocycles. The highest BCUT2D eigenvalue weighted by molar-refractivity contribution is 5.67. The number of hydrogen-bond donors (Lipinski definition) is 2. The molecule has 5 heteroatoms. The molecule has 1 amide bonds. The quantitative estimate of drug-likeness (QED) is 0.821. The molecule has 0 aromatic heterocycles. The van der Waals surface area contributed by atoms with Gasteiger partial charge >= 0.3 is 6.09 Å². The summed E-state index contributed by atoms with van der Waals surface area (Å²) in [6.45, 7) is 8.81. The van der Waals surface area contributed by atoms with Crippen molar-refractivity contribution >= 4 is 11.8 Å². The molecule has 2 rings (SSSR count). The topological polar surface area (TPSA) is 53.6 Å². The molecule has 0 radical (unpaired) electrons. The minimum atomic E-state index is -0.449. The molecule has 2 N–H and O–H groups in total. The molecular formula is C17H27N3O2. The van der Waals surface area contributed by atoms with Gasteiger partial charge in [-0.25, -0.2) is 4.79 Å². The van der Waals surface area contributed by atoms with Crippen LogP contribution in [-0.4, -0.2) is 43.3 Å². The van der Waals surface area contributed by atoms with E-state index >= 15 is 0 Å². The molecule has 0 unspecified atom stereocenters. The number of likely N-dealkylation sites (N-methyl/N-ethyl adjacent to an activating group) is 1. The van der Waals surface area contributed by atoms with Crippen LogP contribution >= 0.6 is 0 Å². The van der Waals surface area contributed by atoms with Crippen LogP contribution in [0.2, 0.25) is 0 Å². The second kappa shape index (κ2) is 7.01. The first-order chi connectivity index (χ1) is 10.4. The zero-order chi connectivity index (χ0) is 16.2. The Morgan fingerprint density at radius 1 is 1.41 bits per heavy atom. The third-order valence-electron chi connectivity index (χ3n) is 3.58. The number of anilines is 1. The second-order valence-corrected chi connectivity index (χ2v) is 6.71. The van der Waals surface area contributed by atoms with Crippen LogP contribution in [0.4, 0.5) is 10.5 Å². The van der Waals surface area contributed by atoms with Crippen molar-refractivity contribution < 1.29 is 9.53 Å². The minimum Gasteiger partial charge on any atom is -0.444 e. The predicted octanol–water partition coefficient (Wildman–Crippen LogP) is 2.61. The number of benzene rings is 1. The molecule has 1 aliphatic rings. The van der Waals surface area contributed by atoms with Crippen molar-refractivity contribution in [1.29, 1.82) is 0 Å². The molecule has 0 aliphatic carbocycles. The van der Waals surface area contributed by atoms with Gasteiger partial charge in [-0.3, -0.25) is 0 Å². The number of nitrogens with zero attached hydrogens (tertiary/aromatic N) is 1. The third kappa shape index (κ3) is 4.63. The summed E-state index contributed by atoms with van der Waals surface area (Å²) in [6.07, 6.45) is 0.821. The summed E-state index contributed by atoms with van der Waals surface area (Å²) in [7, 11) is 1.76. The van der Waals surface area contributed by atoms with Crippen molar-refractivity contribution in [3.05, 3.63) is 29.3 Å². The summed E-state index contributed by atoms with van der Waals surface area (Å²) in [4.78, 5) is 13.4. The van der Waals surface area contributed by atoms with Crippen molar-refractivity contribution in [2.45, 2.75) is 39.3 Å². The van der Waals surface area contributed by atoms with Crippen molar-refractivity contribution in [3.8, 4) is 0 Å². The van der Waals surface area contributed by atoms with E-state index in [0.717, 1.165) is 26.1 Å². The Kier molecular flexibility index (Phi) is 5.29. The first kappa shape index (κ1) is 16.6. The fourth-order valence-electron chi connectivity index (χ4n) is 2.46. The summed E-state index contributed by atoms with van der Waals surface area (Å²) < 4.78 is 5.32. The molecule has 0 fully saturated rings. The maximum Gasteiger partial charge on any atom is 0.410 e. The van der Waals surface area contributed by atoms with E-state index < -0.39 is 5.60 Å². The van der Waals surface area contributed by atoms with Crippen molar-refractivity contribution in [1.82, 2.24) is 10.2 Å². The molecule has 1 aromatic carbocycles. The molecule has 1 aliphatic heterocycles. The second-order valence-electron chi connectivity index (χ2n) is 6.71. The standard InChI is InChI=1S/C17H27N3O2/c1-17(2,3)22-16(21)20(4)11-10-18-12-14-7-5-6-13-8-9-19-15(13)14/h5-7,18-19H,8-12H2,1-4H3. The predicted molar refractivity (Wildman–Crippen MR) is 89.2 cm³/mol. The van der Waals surface area contributed by atoms with Gasteiger partial charge in [0.05, 0.1) is 0 Å². The first-order valence-corrected chi connectivity index (χ1v) is 7.86. The number of carbonyl (C=O) groups is 1. The maximum absolute atomic E-state index is 11.8. The highest BCUT2D eigenvalue weighted by Gasteiger charge is 2.19. The Morgan fingerprint density at radius 3 is 2.91 bits per heavy atom. The average molecular weight is 305 g/mol. The van der Waals surface area contributed by atoms with E-state index in [0.29, 0.717) is 6.54 Å². The Bertz CT molecular complexity index is 523. The van der Waals surface area contributed by atoms with E-state index in [4.69, 9.17) is 4.74 Å². The third-order valence-corrected chi connectivity index (χ3v) is 3.58. The van der Waals surface area contributed by atoms with E-state index in [-0.39, 0.29) is 6.09 Å². The minimum absolute atomic E-state index is 0.281. The van der Waals surface area contributed by atoms with Gasteiger partial charge in [-0.1, -0.05) is 18.2 Å². The highest BCUT2D eigenvalue weighted by Crippen LogP contribution is 2.26. The van der Waals surface area contributed by atoms with Crippen LogP contribution in [0.15, 0.2) is 18.2 Å². The number of amides is 1. The van der Waals surface area contributed by atoms with Crippen molar-refractivity contribution in [3.63, 3.8) is 0 Å². The molecule has 0 atom stereocenters. The fourth-order valence-corrected chi connectivity index (χ4v) is 2.46. The van der Waals surface area contributed by atoms with Gasteiger partial charge in [0.2, 0.25) is 0 Å². The molecule has 5 nitrogen and oxygen atoms in total. The molecular weight excluding hydrogens is 278 g/mol. The Morgan fingerprint density at radius 2 is 2.18 bits per heavy atom. The maximum atomic E-state index is 11.8. The molecule has 0 saturated heterocycles. The SMILES string of the molecule is CN(CCNCc1cccc2c1NCC2)C(=O)OC(C)(C)C. The Labute approximate surface area is 133 Å². The summed E-state index contributed by atoms with van der Waals surface area (Å²) in [5, 5.41) is 6.83. The van der Waals surface area contributed by atoms with E-state index in [2.05, 4.69) is 28.8 Å². The van der Waals surface area contributed by atoms with Gasteiger partial charge in [0, 0.05) is 38.9 Å². The zero-order valence-electron chi connectivity index (χ0n) is 14.0. The van der Waals surface area contributed by atoms with Gasteiger partial charge in [-0.05, 0) is 38.3 Å². The van der Waals surface area contributed by atoms with E-state index in [1.165, 1.54) is 16.8 Å². The van der Waals surface area contributed by atoms with E-state index in [1.54, 1.807) is 11.9 Å². The number of hydrogen-bond acceptors (Lipinski definition) is 4. The van der Waals surface area contributed by atoms with Crippen LogP contribution in [0.3, 0.4) is 0 Å². The van der Waals surface area contributed by atoms with Gasteiger partial charge in [0.25, 0.3) is 0 Å². The number of fused-ring (bicyclic) bond motifs is 1. The van der Waals surface area contributed by atoms with Gasteiger partial charge in [-0.15, -0.1) is 0 Å². The largest absolute Gasteiger partial charge is 0.444 e. The van der Waals surface area contributed by atoms with Crippen LogP contribution in [0.25, 0.3) is 0 Å². The van der Waals surface area contributed by atoms with Crippen molar-refractivity contribution in [2.24, 2.45) is 0 Å². The van der Waals surface area contributed by atoms with Crippen LogP contribution in [-0.2, 0) is 17.7 Å². The summed E-state index contributed by atoms with van der Waals surface area (Å²) in [5.74, 6) is 0. The average Bonchev–Trinajstić information content (AvgIpc) is 2.90. The van der Waals surface area contributed by atoms with Crippen LogP contribution in [0.1, 0.15) is 31.9 Å². The molecule has 0 spiro atoms. The van der Waals surface area contributed by atoms with Gasteiger partial charge in [0.1, 0.15) is 5.60 Å². The number of rotatable bonds is 5. The lowest BCUT2D eigenvalue weighted by atomic mass is 10.1. The lowest BCUT2D eigenvalue weighted by Crippen LogP contribution is -2.37. The van der Waals surface area contributed by atoms with Gasteiger partial charge in [-0.2, -0.15) is 0 Å². The number of nitrogens with one attached hydrogen (secondary N) is 2. The highest BCUT2D eigenvalue weighted by atomic mass is 16.6. The number of ether oxygens (including phenoxy) is 1. The van der Waals surface area contributed by atoms with Gasteiger partial charge < -0.3 is 20.3 Å². The number of carbonyl (C=O) groups excluding carboxylic acids is 1. The molecule has 22 heavy (non-hydrogen) atoms. The molecule has 0 bridgehead atoms. The van der Waals surface area contributed by atoms with Crippen LogP contribution in [0, 0.1) is 0 Å².